The van der Waals surface area contributed by atoms with Gasteiger partial charge in [0.25, 0.3) is 5.91 Å². The average molecular weight is 408 g/mol. The van der Waals surface area contributed by atoms with Gasteiger partial charge in [0, 0.05) is 20.2 Å². The fourth-order valence-electron chi connectivity index (χ4n) is 2.43. The number of rotatable bonds is 10. The van der Waals surface area contributed by atoms with Crippen molar-refractivity contribution in [1.82, 2.24) is 10.0 Å². The SMILES string of the molecule is COCCNC(=O)[C@@H](C)OC(=O)CCNS(=O)(=O)c1ccc2ccccc2c1. The standard InChI is InChI=1S/C19H24N2O6S/c1-14(19(23)20-11-12-26-2)27-18(22)9-10-21-28(24,25)17-8-7-15-5-3-4-6-16(15)13-17/h3-8,13-14,21H,9-12H2,1-2H3,(H,20,23)/t14-/m1/s1. The first-order chi connectivity index (χ1) is 13.3. The zero-order valence-electron chi connectivity index (χ0n) is 15.8. The lowest BCUT2D eigenvalue weighted by Gasteiger charge is -2.13. The number of fused-ring (bicyclic) bond motifs is 1. The molecule has 0 radical (unpaired) electrons. The van der Waals surface area contributed by atoms with Gasteiger partial charge in [-0.25, -0.2) is 13.1 Å². The van der Waals surface area contributed by atoms with E-state index in [4.69, 9.17) is 9.47 Å². The van der Waals surface area contributed by atoms with Gasteiger partial charge in [-0.1, -0.05) is 30.3 Å². The third-order valence-electron chi connectivity index (χ3n) is 3.94. The minimum atomic E-state index is -3.76. The van der Waals surface area contributed by atoms with Crippen LogP contribution in [0.4, 0.5) is 0 Å². The van der Waals surface area contributed by atoms with Crippen LogP contribution in [-0.4, -0.2) is 53.2 Å². The van der Waals surface area contributed by atoms with Crippen molar-refractivity contribution in [1.29, 1.82) is 0 Å². The van der Waals surface area contributed by atoms with E-state index < -0.39 is 28.0 Å². The first-order valence-electron chi connectivity index (χ1n) is 8.78. The van der Waals surface area contributed by atoms with E-state index in [1.807, 2.05) is 24.3 Å². The van der Waals surface area contributed by atoms with Crippen LogP contribution in [-0.2, 0) is 29.1 Å². The van der Waals surface area contributed by atoms with Gasteiger partial charge in [-0.15, -0.1) is 0 Å². The van der Waals surface area contributed by atoms with Gasteiger partial charge in [-0.05, 0) is 29.8 Å². The summed E-state index contributed by atoms with van der Waals surface area (Å²) in [6, 6.07) is 12.2. The van der Waals surface area contributed by atoms with E-state index in [9.17, 15) is 18.0 Å². The summed E-state index contributed by atoms with van der Waals surface area (Å²) in [7, 11) is -2.25. The maximum absolute atomic E-state index is 12.4. The van der Waals surface area contributed by atoms with Gasteiger partial charge in [0.2, 0.25) is 10.0 Å². The fraction of sp³-hybridized carbons (Fsp3) is 0.368. The summed E-state index contributed by atoms with van der Waals surface area (Å²) in [5.74, 6) is -1.11. The van der Waals surface area contributed by atoms with Gasteiger partial charge in [-0.3, -0.25) is 9.59 Å². The molecule has 0 saturated carbocycles. The van der Waals surface area contributed by atoms with Crippen molar-refractivity contribution in [2.45, 2.75) is 24.3 Å². The Morgan fingerprint density at radius 2 is 1.79 bits per heavy atom. The van der Waals surface area contributed by atoms with E-state index in [-0.39, 0.29) is 17.9 Å². The maximum atomic E-state index is 12.4. The second-order valence-electron chi connectivity index (χ2n) is 6.07. The Morgan fingerprint density at radius 1 is 1.07 bits per heavy atom. The molecule has 0 aliphatic heterocycles. The molecule has 0 fully saturated rings. The van der Waals surface area contributed by atoms with Gasteiger partial charge in [0.15, 0.2) is 6.10 Å². The summed E-state index contributed by atoms with van der Waals surface area (Å²) in [6.45, 7) is 1.97. The highest BCUT2D eigenvalue weighted by Gasteiger charge is 2.19. The van der Waals surface area contributed by atoms with Crippen LogP contribution in [0.5, 0.6) is 0 Å². The molecule has 0 bridgehead atoms. The van der Waals surface area contributed by atoms with Crippen molar-refractivity contribution in [3.8, 4) is 0 Å². The van der Waals surface area contributed by atoms with Crippen molar-refractivity contribution < 1.29 is 27.5 Å². The highest BCUT2D eigenvalue weighted by atomic mass is 32.2. The largest absolute Gasteiger partial charge is 0.453 e. The maximum Gasteiger partial charge on any atom is 0.307 e. The van der Waals surface area contributed by atoms with Crippen LogP contribution in [0, 0.1) is 0 Å². The molecule has 152 valence electrons. The summed E-state index contributed by atoms with van der Waals surface area (Å²) >= 11 is 0. The third kappa shape index (κ3) is 6.29. The Hall–Kier alpha value is -2.49. The molecule has 8 nitrogen and oxygen atoms in total. The lowest BCUT2D eigenvalue weighted by Crippen LogP contribution is -2.38. The number of carbonyl (C=O) groups is 2. The summed E-state index contributed by atoms with van der Waals surface area (Å²) in [5, 5.41) is 4.29. The van der Waals surface area contributed by atoms with Gasteiger partial charge in [-0.2, -0.15) is 0 Å². The minimum absolute atomic E-state index is 0.116. The number of hydrogen-bond donors (Lipinski definition) is 2. The van der Waals surface area contributed by atoms with Crippen molar-refractivity contribution >= 4 is 32.7 Å². The van der Waals surface area contributed by atoms with Crippen LogP contribution in [0.15, 0.2) is 47.4 Å². The smallest absolute Gasteiger partial charge is 0.307 e. The number of esters is 1. The highest BCUT2D eigenvalue weighted by molar-refractivity contribution is 7.89. The minimum Gasteiger partial charge on any atom is -0.453 e. The molecule has 0 saturated heterocycles. The number of hydrogen-bond acceptors (Lipinski definition) is 6. The van der Waals surface area contributed by atoms with Crippen molar-refractivity contribution in [2.75, 3.05) is 26.8 Å². The van der Waals surface area contributed by atoms with Crippen molar-refractivity contribution in [2.24, 2.45) is 0 Å². The first kappa shape index (κ1) is 21.8. The van der Waals surface area contributed by atoms with Crippen molar-refractivity contribution in [3.05, 3.63) is 42.5 Å². The van der Waals surface area contributed by atoms with E-state index in [0.29, 0.717) is 13.2 Å². The zero-order chi connectivity index (χ0) is 20.6. The fourth-order valence-corrected chi connectivity index (χ4v) is 3.50. The first-order valence-corrected chi connectivity index (χ1v) is 10.3. The molecule has 9 heteroatoms. The second kappa shape index (κ2) is 10.2. The Morgan fingerprint density at radius 3 is 2.50 bits per heavy atom. The number of carbonyl (C=O) groups excluding carboxylic acids is 2. The van der Waals surface area contributed by atoms with E-state index in [1.165, 1.54) is 20.1 Å². The van der Waals surface area contributed by atoms with Crippen LogP contribution >= 0.6 is 0 Å². The molecule has 2 N–H and O–H groups in total. The van der Waals surface area contributed by atoms with E-state index in [1.54, 1.807) is 12.1 Å². The third-order valence-corrected chi connectivity index (χ3v) is 5.39. The van der Waals surface area contributed by atoms with Gasteiger partial charge < -0.3 is 14.8 Å². The number of methoxy groups -OCH3 is 1. The van der Waals surface area contributed by atoms with Gasteiger partial charge >= 0.3 is 5.97 Å². The number of benzene rings is 2. The molecule has 1 amide bonds. The molecule has 0 aliphatic rings. The van der Waals surface area contributed by atoms with Crippen LogP contribution in [0.3, 0.4) is 0 Å². The normalized spacial score (nSPS) is 12.5. The zero-order valence-corrected chi connectivity index (χ0v) is 16.6. The van der Waals surface area contributed by atoms with Crippen molar-refractivity contribution in [3.63, 3.8) is 0 Å². The monoisotopic (exact) mass is 408 g/mol. The molecule has 0 aromatic heterocycles. The molecular formula is C19H24N2O6S. The molecule has 1 atom stereocenters. The van der Waals surface area contributed by atoms with Crippen LogP contribution in [0.1, 0.15) is 13.3 Å². The average Bonchev–Trinajstić information content (AvgIpc) is 2.67. The van der Waals surface area contributed by atoms with Crippen LogP contribution in [0.2, 0.25) is 0 Å². The molecule has 0 aliphatic carbocycles. The van der Waals surface area contributed by atoms with Gasteiger partial charge in [0.1, 0.15) is 0 Å². The second-order valence-corrected chi connectivity index (χ2v) is 7.84. The Kier molecular flexibility index (Phi) is 7.91. The summed E-state index contributed by atoms with van der Waals surface area (Å²) in [6.07, 6.45) is -1.16. The quantitative estimate of drug-likeness (QED) is 0.451. The molecule has 0 spiro atoms. The Labute approximate surface area is 164 Å². The molecule has 0 unspecified atom stereocenters. The highest BCUT2D eigenvalue weighted by Crippen LogP contribution is 2.18. The van der Waals surface area contributed by atoms with Gasteiger partial charge in [0.05, 0.1) is 17.9 Å². The molecule has 2 aromatic rings. The molecular weight excluding hydrogens is 384 g/mol. The van der Waals surface area contributed by atoms with Crippen LogP contribution in [0.25, 0.3) is 10.8 Å². The molecule has 0 heterocycles. The lowest BCUT2D eigenvalue weighted by molar-refractivity contribution is -0.154. The number of amides is 1. The molecule has 28 heavy (non-hydrogen) atoms. The summed E-state index contributed by atoms with van der Waals surface area (Å²) in [4.78, 5) is 23.7. The predicted octanol–water partition coefficient (Wildman–Crippen LogP) is 1.20. The molecule has 2 rings (SSSR count). The number of ether oxygens (including phenoxy) is 2. The Bertz CT molecular complexity index is 929. The Balaban J connectivity index is 1.83. The van der Waals surface area contributed by atoms with E-state index >= 15 is 0 Å². The number of sulfonamides is 1. The van der Waals surface area contributed by atoms with E-state index in [2.05, 4.69) is 10.0 Å². The lowest BCUT2D eigenvalue weighted by atomic mass is 10.1. The number of nitrogens with one attached hydrogen (secondary N) is 2. The summed E-state index contributed by atoms with van der Waals surface area (Å²) < 4.78 is 37.0. The predicted molar refractivity (Wildman–Crippen MR) is 104 cm³/mol. The van der Waals surface area contributed by atoms with Crippen LogP contribution < -0.4 is 10.0 Å². The molecule has 2 aromatic carbocycles. The summed E-state index contributed by atoms with van der Waals surface area (Å²) in [5.41, 5.74) is 0. The topological polar surface area (TPSA) is 111 Å². The van der Waals surface area contributed by atoms with E-state index in [0.717, 1.165) is 10.8 Å².